The number of ether oxygens (including phenoxy) is 1. The van der Waals surface area contributed by atoms with Crippen molar-refractivity contribution in [1.82, 2.24) is 0 Å². The standard InChI is InChI=1S/C29H48OS/c1-23(2)13-11-15-25(4)17-12-16-24(3)14-9-10-18-27(6)31-22-21-26(5)19-20-28-29(7,8)30-28/h13-14,17-18,21,28H,9-12,15-16,19-20,22H2,1-8H3/b24-14+,25-17+,26-21+,27-18+. The molecule has 1 unspecified atom stereocenters. The predicted octanol–water partition coefficient (Wildman–Crippen LogP) is 9.73. The Morgan fingerprint density at radius 1 is 0.710 bits per heavy atom. The van der Waals surface area contributed by atoms with Gasteiger partial charge in [0.15, 0.2) is 0 Å². The van der Waals surface area contributed by atoms with Crippen LogP contribution in [0.2, 0.25) is 0 Å². The minimum atomic E-state index is 0.127. The predicted molar refractivity (Wildman–Crippen MR) is 143 cm³/mol. The molecule has 0 aromatic rings. The Hall–Kier alpha value is -0.990. The first-order valence-corrected chi connectivity index (χ1v) is 13.2. The smallest absolute Gasteiger partial charge is 0.0892 e. The van der Waals surface area contributed by atoms with Gasteiger partial charge in [-0.3, -0.25) is 0 Å². The normalized spacial score (nSPS) is 19.5. The van der Waals surface area contributed by atoms with Crippen molar-refractivity contribution in [3.05, 3.63) is 57.6 Å². The van der Waals surface area contributed by atoms with Crippen LogP contribution >= 0.6 is 11.8 Å². The van der Waals surface area contributed by atoms with Gasteiger partial charge in [-0.05, 0) is 112 Å². The lowest BCUT2D eigenvalue weighted by atomic mass is 10.0. The Balaban J connectivity index is 2.15. The number of hydrogen-bond acceptors (Lipinski definition) is 2. The second kappa shape index (κ2) is 15.0. The van der Waals surface area contributed by atoms with E-state index in [1.165, 1.54) is 52.9 Å². The first-order chi connectivity index (χ1) is 14.6. The van der Waals surface area contributed by atoms with Gasteiger partial charge in [0.2, 0.25) is 0 Å². The van der Waals surface area contributed by atoms with Crippen LogP contribution in [0, 0.1) is 0 Å². The molecule has 1 aliphatic rings. The molecule has 0 bridgehead atoms. The van der Waals surface area contributed by atoms with Gasteiger partial charge in [-0.25, -0.2) is 0 Å². The first kappa shape index (κ1) is 28.0. The van der Waals surface area contributed by atoms with Crippen LogP contribution < -0.4 is 0 Å². The number of allylic oxidation sites excluding steroid dienone is 9. The van der Waals surface area contributed by atoms with Crippen molar-refractivity contribution in [3.8, 4) is 0 Å². The lowest BCUT2D eigenvalue weighted by molar-refractivity contribution is 0.320. The zero-order chi connectivity index (χ0) is 23.3. The van der Waals surface area contributed by atoms with Crippen molar-refractivity contribution < 1.29 is 4.74 Å². The number of epoxide rings is 1. The molecule has 1 aliphatic heterocycles. The summed E-state index contributed by atoms with van der Waals surface area (Å²) in [6.45, 7) is 17.8. The Bertz CT molecular complexity index is 684. The highest BCUT2D eigenvalue weighted by molar-refractivity contribution is 8.03. The lowest BCUT2D eigenvalue weighted by Gasteiger charge is -2.03. The van der Waals surface area contributed by atoms with Crippen LogP contribution in [-0.2, 0) is 4.74 Å². The largest absolute Gasteiger partial charge is 0.367 e. The number of hydrogen-bond donors (Lipinski definition) is 0. The van der Waals surface area contributed by atoms with Crippen molar-refractivity contribution in [1.29, 1.82) is 0 Å². The van der Waals surface area contributed by atoms with Gasteiger partial charge in [0, 0.05) is 5.75 Å². The van der Waals surface area contributed by atoms with Gasteiger partial charge in [0.25, 0.3) is 0 Å². The molecule has 1 fully saturated rings. The fraction of sp³-hybridized carbons (Fsp3) is 0.655. The molecule has 31 heavy (non-hydrogen) atoms. The van der Waals surface area contributed by atoms with E-state index in [4.69, 9.17) is 4.74 Å². The second-order valence-corrected chi connectivity index (χ2v) is 11.2. The Kier molecular flexibility index (Phi) is 13.5. The van der Waals surface area contributed by atoms with Crippen molar-refractivity contribution in [2.45, 2.75) is 118 Å². The average Bonchev–Trinajstić information content (AvgIpc) is 3.30. The summed E-state index contributed by atoms with van der Waals surface area (Å²) in [5.74, 6) is 1.08. The summed E-state index contributed by atoms with van der Waals surface area (Å²) in [4.78, 5) is 1.44. The Morgan fingerprint density at radius 2 is 1.23 bits per heavy atom. The van der Waals surface area contributed by atoms with E-state index in [1.807, 2.05) is 11.8 Å². The maximum atomic E-state index is 5.67. The molecule has 0 aromatic carbocycles. The molecule has 0 aromatic heterocycles. The lowest BCUT2D eigenvalue weighted by Crippen LogP contribution is -2.02. The molecule has 1 saturated heterocycles. The summed E-state index contributed by atoms with van der Waals surface area (Å²) < 4.78 is 5.67. The van der Waals surface area contributed by atoms with Crippen LogP contribution in [0.1, 0.15) is 107 Å². The fourth-order valence-corrected chi connectivity index (χ4v) is 4.40. The summed E-state index contributed by atoms with van der Waals surface area (Å²) in [7, 11) is 0. The van der Waals surface area contributed by atoms with E-state index in [0.717, 1.165) is 31.4 Å². The van der Waals surface area contributed by atoms with Crippen molar-refractivity contribution in [3.63, 3.8) is 0 Å². The van der Waals surface area contributed by atoms with Crippen molar-refractivity contribution >= 4 is 11.8 Å². The SMILES string of the molecule is CC(C)=CCC/C(C)=C/CC/C(C)=C/CC/C=C(\C)SC/C=C(\C)CCC1OC1(C)C. The molecule has 0 N–H and O–H groups in total. The van der Waals surface area contributed by atoms with Crippen LogP contribution in [0.4, 0.5) is 0 Å². The van der Waals surface area contributed by atoms with Crippen LogP contribution in [0.15, 0.2) is 57.6 Å². The Labute approximate surface area is 198 Å². The number of rotatable bonds is 15. The fourth-order valence-electron chi connectivity index (χ4n) is 3.53. The van der Waals surface area contributed by atoms with Crippen LogP contribution in [0.5, 0.6) is 0 Å². The molecule has 0 amide bonds. The molecule has 1 heterocycles. The maximum absolute atomic E-state index is 5.67. The highest BCUT2D eigenvalue weighted by Crippen LogP contribution is 2.38. The molecular weight excluding hydrogens is 396 g/mol. The maximum Gasteiger partial charge on any atom is 0.0892 e. The van der Waals surface area contributed by atoms with Crippen molar-refractivity contribution in [2.24, 2.45) is 0 Å². The quantitative estimate of drug-likeness (QED) is 0.141. The van der Waals surface area contributed by atoms with E-state index in [0.29, 0.717) is 6.10 Å². The van der Waals surface area contributed by atoms with E-state index in [1.54, 1.807) is 0 Å². The first-order valence-electron chi connectivity index (χ1n) is 12.2. The minimum absolute atomic E-state index is 0.127. The Morgan fingerprint density at radius 3 is 1.81 bits per heavy atom. The second-order valence-electron chi connectivity index (χ2n) is 9.96. The monoisotopic (exact) mass is 444 g/mol. The molecule has 0 aliphatic carbocycles. The van der Waals surface area contributed by atoms with Gasteiger partial charge in [0.05, 0.1) is 11.7 Å². The summed E-state index contributed by atoms with van der Waals surface area (Å²) in [5, 5.41) is 0. The van der Waals surface area contributed by atoms with Crippen LogP contribution in [-0.4, -0.2) is 17.5 Å². The van der Waals surface area contributed by atoms with Gasteiger partial charge < -0.3 is 4.74 Å². The van der Waals surface area contributed by atoms with Gasteiger partial charge in [-0.2, -0.15) is 0 Å². The summed E-state index contributed by atoms with van der Waals surface area (Å²) >= 11 is 1.96. The average molecular weight is 445 g/mol. The van der Waals surface area contributed by atoms with Gasteiger partial charge >= 0.3 is 0 Å². The van der Waals surface area contributed by atoms with E-state index >= 15 is 0 Å². The van der Waals surface area contributed by atoms with Crippen LogP contribution in [0.3, 0.4) is 0 Å². The third kappa shape index (κ3) is 14.6. The number of thioether (sulfide) groups is 1. The summed E-state index contributed by atoms with van der Waals surface area (Å²) in [6, 6.07) is 0. The zero-order valence-electron chi connectivity index (χ0n) is 21.6. The van der Waals surface area contributed by atoms with Gasteiger partial charge in [-0.1, -0.05) is 52.7 Å². The van der Waals surface area contributed by atoms with E-state index in [-0.39, 0.29) is 5.60 Å². The van der Waals surface area contributed by atoms with E-state index in [9.17, 15) is 0 Å². The third-order valence-electron chi connectivity index (χ3n) is 5.92. The molecule has 1 atom stereocenters. The summed E-state index contributed by atoms with van der Waals surface area (Å²) in [6.07, 6.45) is 21.8. The molecule has 0 saturated carbocycles. The zero-order valence-corrected chi connectivity index (χ0v) is 22.5. The molecular formula is C29H48OS. The topological polar surface area (TPSA) is 12.5 Å². The molecule has 1 rings (SSSR count). The molecule has 176 valence electrons. The minimum Gasteiger partial charge on any atom is -0.367 e. The molecule has 1 nitrogen and oxygen atoms in total. The van der Waals surface area contributed by atoms with Crippen molar-refractivity contribution in [2.75, 3.05) is 5.75 Å². The highest BCUT2D eigenvalue weighted by atomic mass is 32.2. The molecule has 0 radical (unpaired) electrons. The molecule has 0 spiro atoms. The van der Waals surface area contributed by atoms with E-state index in [2.05, 4.69) is 85.8 Å². The van der Waals surface area contributed by atoms with E-state index < -0.39 is 0 Å². The molecule has 2 heteroatoms. The third-order valence-corrected chi connectivity index (χ3v) is 6.88. The summed E-state index contributed by atoms with van der Waals surface area (Å²) in [5.41, 5.74) is 6.08. The highest BCUT2D eigenvalue weighted by Gasteiger charge is 2.46. The van der Waals surface area contributed by atoms with Crippen LogP contribution in [0.25, 0.3) is 0 Å². The number of unbranched alkanes of at least 4 members (excludes halogenated alkanes) is 1. The van der Waals surface area contributed by atoms with Gasteiger partial charge in [0.1, 0.15) is 0 Å². The van der Waals surface area contributed by atoms with Gasteiger partial charge in [-0.15, -0.1) is 11.8 Å².